The van der Waals surface area contributed by atoms with E-state index in [9.17, 15) is 19.5 Å². The predicted molar refractivity (Wildman–Crippen MR) is 179 cm³/mol. The zero-order chi connectivity index (χ0) is 32.6. The second-order valence-corrected chi connectivity index (χ2v) is 15.1. The van der Waals surface area contributed by atoms with Crippen molar-refractivity contribution in [3.05, 3.63) is 48.6 Å². The molecule has 1 aromatic rings. The van der Waals surface area contributed by atoms with Gasteiger partial charge in [0, 0.05) is 49.7 Å². The van der Waals surface area contributed by atoms with Gasteiger partial charge in [0.15, 0.2) is 0 Å². The Kier molecular flexibility index (Phi) is 9.58. The summed E-state index contributed by atoms with van der Waals surface area (Å²) in [5.74, 6) is -1.21. The molecule has 3 amide bonds. The van der Waals surface area contributed by atoms with E-state index < -0.39 is 33.4 Å². The second-order valence-electron chi connectivity index (χ2n) is 13.3. The number of thioether (sulfide) groups is 1. The van der Waals surface area contributed by atoms with Gasteiger partial charge in [-0.1, -0.05) is 44.6 Å². The average Bonchev–Trinajstić information content (AvgIpc) is 3.33. The molecule has 1 unspecified atom stereocenters. The van der Waals surface area contributed by atoms with E-state index in [1.807, 2.05) is 69.0 Å². The summed E-state index contributed by atoms with van der Waals surface area (Å²) in [6, 6.07) is 6.13. The summed E-state index contributed by atoms with van der Waals surface area (Å²) in [6.07, 6.45) is 8.92. The van der Waals surface area contributed by atoms with Crippen LogP contribution in [0.5, 0.6) is 5.75 Å². The number of amides is 3. The largest absolute Gasteiger partial charge is 0.494 e. The molecule has 1 N–H and O–H groups in total. The van der Waals surface area contributed by atoms with E-state index in [2.05, 4.69) is 17.1 Å². The lowest BCUT2D eigenvalue weighted by Crippen LogP contribution is -2.58. The van der Waals surface area contributed by atoms with Crippen molar-refractivity contribution in [3.63, 3.8) is 0 Å². The number of aliphatic hydroxyl groups excluding tert-OH is 1. The number of hydrogen-bond acceptors (Lipinski definition) is 8. The smallest absolute Gasteiger partial charge is 0.247 e. The Balaban J connectivity index is 1.39. The Morgan fingerprint density at radius 2 is 1.70 bits per heavy atom. The van der Waals surface area contributed by atoms with Crippen LogP contribution in [0, 0.1) is 17.8 Å². The first-order valence-electron chi connectivity index (χ1n) is 16.8. The maximum absolute atomic E-state index is 14.9. The lowest BCUT2D eigenvalue weighted by Gasteiger charge is -2.41. The first-order valence-corrected chi connectivity index (χ1v) is 17.6. The molecule has 0 aromatic heterocycles. The van der Waals surface area contributed by atoms with Gasteiger partial charge in [0.1, 0.15) is 11.8 Å². The summed E-state index contributed by atoms with van der Waals surface area (Å²) in [7, 11) is 0. The average molecular weight is 653 g/mol. The molecule has 0 aliphatic carbocycles. The van der Waals surface area contributed by atoms with Gasteiger partial charge in [-0.2, -0.15) is 0 Å². The molecule has 5 heterocycles. The van der Waals surface area contributed by atoms with Gasteiger partial charge in [-0.15, -0.1) is 11.8 Å². The fourth-order valence-corrected chi connectivity index (χ4v) is 10.2. The quantitative estimate of drug-likeness (QED) is 0.385. The van der Waals surface area contributed by atoms with E-state index in [4.69, 9.17) is 9.47 Å². The van der Waals surface area contributed by atoms with Gasteiger partial charge >= 0.3 is 0 Å². The molecule has 5 aliphatic heterocycles. The Labute approximate surface area is 276 Å². The third-order valence-electron chi connectivity index (χ3n) is 10.7. The normalized spacial score (nSPS) is 32.6. The van der Waals surface area contributed by atoms with Crippen LogP contribution in [0.2, 0.25) is 0 Å². The van der Waals surface area contributed by atoms with Crippen LogP contribution in [0.4, 0.5) is 5.69 Å². The van der Waals surface area contributed by atoms with Crippen molar-refractivity contribution < 1.29 is 29.0 Å². The Morgan fingerprint density at radius 1 is 0.978 bits per heavy atom. The summed E-state index contributed by atoms with van der Waals surface area (Å²) < 4.78 is 9.48. The fraction of sp³-hybridized carbons (Fsp3) is 0.629. The van der Waals surface area contributed by atoms with Gasteiger partial charge in [-0.3, -0.25) is 19.3 Å². The van der Waals surface area contributed by atoms with Gasteiger partial charge in [-0.05, 0) is 44.0 Å². The summed E-state index contributed by atoms with van der Waals surface area (Å²) in [4.78, 5) is 52.0. The third kappa shape index (κ3) is 5.56. The van der Waals surface area contributed by atoms with Crippen LogP contribution in [0.3, 0.4) is 0 Å². The number of carbonyl (C=O) groups excluding carboxylic acids is 3. The number of benzene rings is 1. The highest BCUT2D eigenvalue weighted by atomic mass is 32.2. The van der Waals surface area contributed by atoms with E-state index in [1.54, 1.807) is 21.6 Å². The molecule has 0 bridgehead atoms. The molecule has 1 aromatic carbocycles. The monoisotopic (exact) mass is 652 g/mol. The zero-order valence-corrected chi connectivity index (χ0v) is 28.3. The minimum Gasteiger partial charge on any atom is -0.494 e. The van der Waals surface area contributed by atoms with E-state index >= 15 is 0 Å². The van der Waals surface area contributed by atoms with E-state index in [0.717, 1.165) is 37.5 Å². The summed E-state index contributed by atoms with van der Waals surface area (Å²) >= 11 is 1.58. The van der Waals surface area contributed by atoms with Crippen LogP contribution in [0.25, 0.3) is 0 Å². The van der Waals surface area contributed by atoms with Crippen molar-refractivity contribution in [2.45, 2.75) is 55.7 Å². The van der Waals surface area contributed by atoms with Crippen molar-refractivity contribution in [2.75, 3.05) is 70.6 Å². The lowest BCUT2D eigenvalue weighted by molar-refractivity contribution is -0.147. The summed E-state index contributed by atoms with van der Waals surface area (Å²) in [5, 5.41) is 10.7. The molecule has 0 radical (unpaired) electrons. The summed E-state index contributed by atoms with van der Waals surface area (Å²) in [6.45, 7) is 13.4. The van der Waals surface area contributed by atoms with Crippen molar-refractivity contribution in [2.24, 2.45) is 17.8 Å². The molecule has 0 saturated carbocycles. The molecular weight excluding hydrogens is 604 g/mol. The molecule has 1 spiro atoms. The number of likely N-dealkylation sites (tertiary alicyclic amines) is 1. The minimum atomic E-state index is -0.954. The van der Waals surface area contributed by atoms with Crippen LogP contribution >= 0.6 is 11.8 Å². The van der Waals surface area contributed by atoms with Gasteiger partial charge in [0.2, 0.25) is 17.7 Å². The van der Waals surface area contributed by atoms with Crippen LogP contribution in [-0.2, 0) is 19.1 Å². The fourth-order valence-electron chi connectivity index (χ4n) is 8.09. The van der Waals surface area contributed by atoms with Crippen LogP contribution in [0.15, 0.2) is 48.6 Å². The van der Waals surface area contributed by atoms with Crippen LogP contribution < -0.4 is 9.64 Å². The number of anilines is 1. The number of ether oxygens (including phenoxy) is 2. The SMILES string of the molecule is CCOc1ccc(N2CC=C[C@@]3(C)S[C@]45C=CCN(CCN6CCOCC6)C(=O)C4N([C@@H](CO)[C@@H](C)CC)C(=O)[C@@H]5[C@H]3C2=O)cc1. The topological polar surface area (TPSA) is 103 Å². The number of nitrogens with zero attached hydrogens (tertiary/aromatic N) is 4. The highest BCUT2D eigenvalue weighted by Gasteiger charge is 2.74. The molecule has 10 nitrogen and oxygen atoms in total. The summed E-state index contributed by atoms with van der Waals surface area (Å²) in [5.41, 5.74) is 0.738. The minimum absolute atomic E-state index is 0.0341. The molecule has 46 heavy (non-hydrogen) atoms. The second kappa shape index (κ2) is 13.3. The van der Waals surface area contributed by atoms with Crippen molar-refractivity contribution >= 4 is 35.2 Å². The number of carbonyl (C=O) groups is 3. The van der Waals surface area contributed by atoms with Crippen molar-refractivity contribution in [1.29, 1.82) is 0 Å². The molecular formula is C35H48N4O6S. The van der Waals surface area contributed by atoms with Gasteiger partial charge in [-0.25, -0.2) is 0 Å². The van der Waals surface area contributed by atoms with Gasteiger partial charge in [0.05, 0.1) is 49.1 Å². The molecule has 7 atom stereocenters. The zero-order valence-electron chi connectivity index (χ0n) is 27.5. The first kappa shape index (κ1) is 33.1. The maximum Gasteiger partial charge on any atom is 0.247 e. The molecule has 5 aliphatic rings. The number of rotatable bonds is 10. The lowest BCUT2D eigenvalue weighted by atomic mass is 9.74. The van der Waals surface area contributed by atoms with Crippen molar-refractivity contribution in [3.8, 4) is 5.75 Å². The molecule has 3 saturated heterocycles. The van der Waals surface area contributed by atoms with E-state index in [0.29, 0.717) is 39.5 Å². The Morgan fingerprint density at radius 3 is 2.37 bits per heavy atom. The number of hydrogen-bond donors (Lipinski definition) is 1. The Hall–Kier alpha value is -2.86. The highest BCUT2D eigenvalue weighted by Crippen LogP contribution is 2.66. The van der Waals surface area contributed by atoms with Crippen LogP contribution in [-0.4, -0.2) is 125 Å². The number of aliphatic hydroxyl groups is 1. The number of fused-ring (bicyclic) bond motifs is 2. The predicted octanol–water partition coefficient (Wildman–Crippen LogP) is 2.81. The van der Waals surface area contributed by atoms with Crippen molar-refractivity contribution in [1.82, 2.24) is 14.7 Å². The number of morpholine rings is 1. The molecule has 6 rings (SSSR count). The molecule has 3 fully saturated rings. The highest BCUT2D eigenvalue weighted by molar-refractivity contribution is 8.02. The third-order valence-corrected chi connectivity index (χ3v) is 12.5. The molecule has 250 valence electrons. The van der Waals surface area contributed by atoms with E-state index in [1.165, 1.54) is 0 Å². The Bertz CT molecular complexity index is 1370. The molecule has 11 heteroatoms. The standard InChI is InChI=1S/C35H48N4O6S/c1-5-24(3)27(23-40)39-30-33(43)37(18-17-36-19-21-44-22-20-36)15-8-14-35(30)29(32(39)42)28-31(41)38(16-7-13-34(28,4)46-35)25-9-11-26(12-10-25)45-6-2/h7-14,24,27-30,40H,5-6,15-23H2,1-4H3/t24-,27-,28-,29-,30?,34+,35-/m0/s1. The van der Waals surface area contributed by atoms with Gasteiger partial charge in [0.25, 0.3) is 0 Å². The van der Waals surface area contributed by atoms with E-state index in [-0.39, 0.29) is 30.2 Å². The first-order chi connectivity index (χ1) is 22.2. The van der Waals surface area contributed by atoms with Crippen LogP contribution in [0.1, 0.15) is 34.1 Å². The maximum atomic E-state index is 14.9. The van der Waals surface area contributed by atoms with Gasteiger partial charge < -0.3 is 29.3 Å².